The Morgan fingerprint density at radius 1 is 1.26 bits per heavy atom. The van der Waals surface area contributed by atoms with E-state index in [4.69, 9.17) is 11.6 Å². The molecule has 4 heteroatoms. The van der Waals surface area contributed by atoms with Gasteiger partial charge >= 0.3 is 0 Å². The predicted octanol–water partition coefficient (Wildman–Crippen LogP) is 4.12. The van der Waals surface area contributed by atoms with Crippen LogP contribution in [0.15, 0.2) is 43.0 Å². The van der Waals surface area contributed by atoms with E-state index in [1.54, 1.807) is 0 Å². The predicted molar refractivity (Wildman–Crippen MR) is 78.7 cm³/mol. The molecule has 0 radical (unpaired) electrons. The van der Waals surface area contributed by atoms with Gasteiger partial charge in [0, 0.05) is 23.8 Å². The first-order valence-corrected chi connectivity index (χ1v) is 6.78. The Kier molecular flexibility index (Phi) is 3.07. The number of halogens is 1. The van der Waals surface area contributed by atoms with Crippen LogP contribution in [0.25, 0.3) is 10.9 Å². The summed E-state index contributed by atoms with van der Waals surface area (Å²) in [7, 11) is 0. The van der Waals surface area contributed by atoms with Crippen LogP contribution in [0.4, 0.5) is 0 Å². The van der Waals surface area contributed by atoms with Crippen LogP contribution < -0.4 is 0 Å². The highest BCUT2D eigenvalue weighted by atomic mass is 35.5. The minimum Gasteiger partial charge on any atom is -0.340 e. The highest BCUT2D eigenvalue weighted by Gasteiger charge is 2.09. The summed E-state index contributed by atoms with van der Waals surface area (Å²) >= 11 is 6.30. The van der Waals surface area contributed by atoms with Crippen LogP contribution in [-0.2, 0) is 6.54 Å². The second-order valence-electron chi connectivity index (χ2n) is 5.01. The minimum atomic E-state index is 0.412. The number of para-hydroxylation sites is 1. The molecule has 98 valence electrons. The molecule has 0 aliphatic rings. The van der Waals surface area contributed by atoms with E-state index in [2.05, 4.69) is 46.3 Å². The Bertz CT molecular complexity index is 709. The number of benzene rings is 1. The average molecular weight is 274 g/mol. The molecule has 0 aliphatic carbocycles. The summed E-state index contributed by atoms with van der Waals surface area (Å²) in [6.07, 6.45) is 5.88. The summed E-state index contributed by atoms with van der Waals surface area (Å²) in [5.74, 6) is 0. The molecular formula is C15H16ClN3. The Morgan fingerprint density at radius 2 is 2.11 bits per heavy atom. The number of hydrogen-bond acceptors (Lipinski definition) is 1. The van der Waals surface area contributed by atoms with Gasteiger partial charge in [0.1, 0.15) is 0 Å². The fourth-order valence-electron chi connectivity index (χ4n) is 2.44. The average Bonchev–Trinajstić information content (AvgIpc) is 2.98. The maximum absolute atomic E-state index is 6.30. The molecule has 19 heavy (non-hydrogen) atoms. The molecule has 0 aliphatic heterocycles. The van der Waals surface area contributed by atoms with E-state index in [0.29, 0.717) is 6.04 Å². The van der Waals surface area contributed by atoms with E-state index in [-0.39, 0.29) is 0 Å². The maximum Gasteiger partial charge on any atom is 0.0951 e. The molecule has 0 amide bonds. The first-order valence-electron chi connectivity index (χ1n) is 6.41. The monoisotopic (exact) mass is 273 g/mol. The van der Waals surface area contributed by atoms with Gasteiger partial charge in [0.25, 0.3) is 0 Å². The van der Waals surface area contributed by atoms with Crippen molar-refractivity contribution in [3.05, 3.63) is 53.7 Å². The van der Waals surface area contributed by atoms with Crippen LogP contribution in [0, 0.1) is 0 Å². The lowest BCUT2D eigenvalue weighted by Gasteiger charge is -2.13. The second kappa shape index (κ2) is 4.74. The van der Waals surface area contributed by atoms with Crippen molar-refractivity contribution in [3.8, 4) is 0 Å². The molecular weight excluding hydrogens is 258 g/mol. The van der Waals surface area contributed by atoms with Gasteiger partial charge in [-0.2, -0.15) is 0 Å². The van der Waals surface area contributed by atoms with Gasteiger partial charge in [-0.3, -0.25) is 0 Å². The molecule has 3 aromatic rings. The first kappa shape index (κ1) is 12.3. The fraction of sp³-hybridized carbons (Fsp3) is 0.267. The van der Waals surface area contributed by atoms with Gasteiger partial charge in [-0.05, 0) is 26.0 Å². The molecule has 0 fully saturated rings. The number of fused-ring (bicyclic) bond motifs is 1. The SMILES string of the molecule is CC(C)n1cncc1Cn1ccc2cccc(Cl)c21. The van der Waals surface area contributed by atoms with Gasteiger partial charge in [0.15, 0.2) is 0 Å². The second-order valence-corrected chi connectivity index (χ2v) is 5.41. The highest BCUT2D eigenvalue weighted by molar-refractivity contribution is 6.35. The normalized spacial score (nSPS) is 11.6. The topological polar surface area (TPSA) is 22.8 Å². The highest BCUT2D eigenvalue weighted by Crippen LogP contribution is 2.25. The summed E-state index contributed by atoms with van der Waals surface area (Å²) in [6.45, 7) is 5.10. The Labute approximate surface area is 117 Å². The largest absolute Gasteiger partial charge is 0.340 e. The van der Waals surface area contributed by atoms with Gasteiger partial charge in [-0.1, -0.05) is 23.7 Å². The quantitative estimate of drug-likeness (QED) is 0.704. The van der Waals surface area contributed by atoms with Gasteiger partial charge in [-0.25, -0.2) is 4.98 Å². The van der Waals surface area contributed by atoms with E-state index < -0.39 is 0 Å². The van der Waals surface area contributed by atoms with Crippen LogP contribution in [0.5, 0.6) is 0 Å². The zero-order valence-electron chi connectivity index (χ0n) is 11.0. The molecule has 0 atom stereocenters. The van der Waals surface area contributed by atoms with Crippen LogP contribution in [0.1, 0.15) is 25.6 Å². The van der Waals surface area contributed by atoms with Crippen molar-refractivity contribution in [1.29, 1.82) is 0 Å². The number of rotatable bonds is 3. The Hall–Kier alpha value is -1.74. The molecule has 2 aromatic heterocycles. The lowest BCUT2D eigenvalue weighted by molar-refractivity contribution is 0.564. The maximum atomic E-state index is 6.30. The van der Waals surface area contributed by atoms with Crippen molar-refractivity contribution >= 4 is 22.5 Å². The Balaban J connectivity index is 2.04. The van der Waals surface area contributed by atoms with Crippen LogP contribution in [0.3, 0.4) is 0 Å². The van der Waals surface area contributed by atoms with Crippen LogP contribution in [0.2, 0.25) is 5.02 Å². The van der Waals surface area contributed by atoms with Gasteiger partial charge < -0.3 is 9.13 Å². The zero-order chi connectivity index (χ0) is 13.4. The molecule has 0 unspecified atom stereocenters. The van der Waals surface area contributed by atoms with Crippen molar-refractivity contribution in [1.82, 2.24) is 14.1 Å². The molecule has 3 rings (SSSR count). The molecule has 0 saturated heterocycles. The number of aromatic nitrogens is 3. The summed E-state index contributed by atoms with van der Waals surface area (Å²) in [6, 6.07) is 8.50. The third-order valence-corrected chi connectivity index (χ3v) is 3.68. The van der Waals surface area contributed by atoms with Gasteiger partial charge in [0.2, 0.25) is 0 Å². The van der Waals surface area contributed by atoms with Crippen molar-refractivity contribution in [2.24, 2.45) is 0 Å². The molecule has 0 spiro atoms. The molecule has 3 nitrogen and oxygen atoms in total. The molecule has 0 saturated carbocycles. The number of hydrogen-bond donors (Lipinski definition) is 0. The van der Waals surface area contributed by atoms with Gasteiger partial charge in [0.05, 0.1) is 29.1 Å². The van der Waals surface area contributed by atoms with E-state index >= 15 is 0 Å². The standard InChI is InChI=1S/C15H16ClN3/c1-11(2)19-10-17-8-13(19)9-18-7-6-12-4-3-5-14(16)15(12)18/h3-8,10-11H,9H2,1-2H3. The molecule has 0 N–H and O–H groups in total. The van der Waals surface area contributed by atoms with Crippen molar-refractivity contribution in [2.45, 2.75) is 26.4 Å². The minimum absolute atomic E-state index is 0.412. The summed E-state index contributed by atoms with van der Waals surface area (Å²) in [5.41, 5.74) is 2.27. The number of imidazole rings is 1. The Morgan fingerprint density at radius 3 is 2.89 bits per heavy atom. The summed E-state index contributed by atoms with van der Waals surface area (Å²) < 4.78 is 4.36. The lowest BCUT2D eigenvalue weighted by atomic mass is 10.2. The summed E-state index contributed by atoms with van der Waals surface area (Å²) in [5, 5.41) is 1.96. The molecule has 1 aromatic carbocycles. The number of nitrogens with zero attached hydrogens (tertiary/aromatic N) is 3. The van der Waals surface area contributed by atoms with Crippen LogP contribution >= 0.6 is 11.6 Å². The van der Waals surface area contributed by atoms with E-state index in [1.165, 1.54) is 11.1 Å². The lowest BCUT2D eigenvalue weighted by Crippen LogP contribution is -2.08. The fourth-order valence-corrected chi connectivity index (χ4v) is 2.73. The van der Waals surface area contributed by atoms with Crippen molar-refractivity contribution in [2.75, 3.05) is 0 Å². The zero-order valence-corrected chi connectivity index (χ0v) is 11.8. The smallest absolute Gasteiger partial charge is 0.0951 e. The van der Waals surface area contributed by atoms with E-state index in [1.807, 2.05) is 24.7 Å². The van der Waals surface area contributed by atoms with Crippen molar-refractivity contribution < 1.29 is 0 Å². The van der Waals surface area contributed by atoms with E-state index in [0.717, 1.165) is 17.1 Å². The molecule has 2 heterocycles. The van der Waals surface area contributed by atoms with Crippen molar-refractivity contribution in [3.63, 3.8) is 0 Å². The third kappa shape index (κ3) is 2.15. The van der Waals surface area contributed by atoms with Gasteiger partial charge in [-0.15, -0.1) is 0 Å². The van der Waals surface area contributed by atoms with E-state index in [9.17, 15) is 0 Å². The summed E-state index contributed by atoms with van der Waals surface area (Å²) in [4.78, 5) is 4.24. The van der Waals surface area contributed by atoms with Crippen LogP contribution in [-0.4, -0.2) is 14.1 Å². The first-order chi connectivity index (χ1) is 9.16. The third-order valence-electron chi connectivity index (χ3n) is 3.37. The molecule has 0 bridgehead atoms.